The second kappa shape index (κ2) is 9.02. The van der Waals surface area contributed by atoms with E-state index in [1.54, 1.807) is 13.2 Å². The Morgan fingerprint density at radius 2 is 2.14 bits per heavy atom. The fourth-order valence-electron chi connectivity index (χ4n) is 1.69. The molecule has 0 aromatic heterocycles. The molecule has 0 aliphatic heterocycles. The van der Waals surface area contributed by atoms with Crippen LogP contribution in [-0.4, -0.2) is 37.2 Å². The summed E-state index contributed by atoms with van der Waals surface area (Å²) >= 11 is 0. The van der Waals surface area contributed by atoms with Gasteiger partial charge in [-0.3, -0.25) is 9.59 Å². The molecule has 0 saturated carbocycles. The number of carbonyl (C=O) groups excluding carboxylic acids is 1. The van der Waals surface area contributed by atoms with E-state index in [1.807, 2.05) is 24.3 Å². The highest BCUT2D eigenvalue weighted by atomic mass is 16.5. The van der Waals surface area contributed by atoms with Crippen LogP contribution >= 0.6 is 0 Å². The Balaban J connectivity index is 2.51. The van der Waals surface area contributed by atoms with Crippen LogP contribution in [0.2, 0.25) is 0 Å². The van der Waals surface area contributed by atoms with Crippen molar-refractivity contribution in [2.45, 2.75) is 6.42 Å². The number of benzene rings is 1. The lowest BCUT2D eigenvalue weighted by molar-refractivity contribution is -0.137. The molecule has 116 valence electrons. The SMILES string of the molecule is COc1ccccc1CCN/C=C(/C#N)C(=O)NCC(=O)O. The van der Waals surface area contributed by atoms with Gasteiger partial charge >= 0.3 is 5.97 Å². The molecule has 1 aromatic rings. The van der Waals surface area contributed by atoms with E-state index in [0.717, 1.165) is 11.3 Å². The standard InChI is InChI=1S/C15H17N3O4/c1-22-13-5-3-2-4-11(13)6-7-17-9-12(8-16)15(21)18-10-14(19)20/h2-5,9,17H,6-7,10H2,1H3,(H,18,21)(H,19,20)/b12-9-. The molecule has 0 unspecified atom stereocenters. The number of hydrogen-bond acceptors (Lipinski definition) is 5. The van der Waals surface area contributed by atoms with Crippen molar-refractivity contribution in [2.24, 2.45) is 0 Å². The Labute approximate surface area is 128 Å². The Morgan fingerprint density at radius 3 is 2.77 bits per heavy atom. The first-order valence-electron chi connectivity index (χ1n) is 6.54. The number of carbonyl (C=O) groups is 2. The van der Waals surface area contributed by atoms with Crippen LogP contribution in [0.3, 0.4) is 0 Å². The van der Waals surface area contributed by atoms with Crippen molar-refractivity contribution in [1.29, 1.82) is 5.26 Å². The number of nitrogens with one attached hydrogen (secondary N) is 2. The van der Waals surface area contributed by atoms with E-state index in [1.165, 1.54) is 6.20 Å². The number of hydrogen-bond donors (Lipinski definition) is 3. The van der Waals surface area contributed by atoms with Crippen molar-refractivity contribution < 1.29 is 19.4 Å². The number of aliphatic carboxylic acids is 1. The number of carboxylic acid groups (broad SMARTS) is 1. The molecule has 7 heteroatoms. The molecular weight excluding hydrogens is 286 g/mol. The summed E-state index contributed by atoms with van der Waals surface area (Å²) < 4.78 is 5.22. The fraction of sp³-hybridized carbons (Fsp3) is 0.267. The van der Waals surface area contributed by atoms with E-state index in [2.05, 4.69) is 10.6 Å². The Morgan fingerprint density at radius 1 is 1.41 bits per heavy atom. The first-order valence-corrected chi connectivity index (χ1v) is 6.54. The van der Waals surface area contributed by atoms with Crippen LogP contribution in [0.25, 0.3) is 0 Å². The third kappa shape index (κ3) is 5.54. The van der Waals surface area contributed by atoms with Crippen molar-refractivity contribution in [2.75, 3.05) is 20.2 Å². The van der Waals surface area contributed by atoms with E-state index in [0.29, 0.717) is 13.0 Å². The molecule has 0 fully saturated rings. The summed E-state index contributed by atoms with van der Waals surface area (Å²) in [4.78, 5) is 21.9. The highest BCUT2D eigenvalue weighted by molar-refractivity contribution is 5.98. The molecule has 1 aromatic carbocycles. The Kier molecular flexibility index (Phi) is 6.99. The minimum atomic E-state index is -1.17. The van der Waals surface area contributed by atoms with E-state index in [-0.39, 0.29) is 5.57 Å². The van der Waals surface area contributed by atoms with Crippen LogP contribution in [0.5, 0.6) is 5.75 Å². The van der Waals surface area contributed by atoms with Gasteiger partial charge in [0.1, 0.15) is 23.9 Å². The van der Waals surface area contributed by atoms with E-state index in [4.69, 9.17) is 15.1 Å². The highest BCUT2D eigenvalue weighted by Gasteiger charge is 2.09. The van der Waals surface area contributed by atoms with Crippen molar-refractivity contribution >= 4 is 11.9 Å². The zero-order valence-corrected chi connectivity index (χ0v) is 12.1. The van der Waals surface area contributed by atoms with Gasteiger partial charge in [-0.25, -0.2) is 0 Å². The lowest BCUT2D eigenvalue weighted by Crippen LogP contribution is -2.30. The van der Waals surface area contributed by atoms with Gasteiger partial charge in [-0.05, 0) is 18.1 Å². The van der Waals surface area contributed by atoms with Gasteiger partial charge < -0.3 is 20.5 Å². The third-order valence-corrected chi connectivity index (χ3v) is 2.74. The molecule has 0 aliphatic rings. The van der Waals surface area contributed by atoms with E-state index >= 15 is 0 Å². The van der Waals surface area contributed by atoms with E-state index < -0.39 is 18.4 Å². The molecule has 7 nitrogen and oxygen atoms in total. The van der Waals surface area contributed by atoms with Gasteiger partial charge in [0.15, 0.2) is 0 Å². The lowest BCUT2D eigenvalue weighted by Gasteiger charge is -2.08. The summed E-state index contributed by atoms with van der Waals surface area (Å²) in [5.41, 5.74) is 0.820. The van der Waals surface area contributed by atoms with Gasteiger partial charge in [-0.15, -0.1) is 0 Å². The number of rotatable bonds is 8. The predicted molar refractivity (Wildman–Crippen MR) is 79.0 cm³/mol. The van der Waals surface area contributed by atoms with E-state index in [9.17, 15) is 9.59 Å². The highest BCUT2D eigenvalue weighted by Crippen LogP contribution is 2.17. The minimum Gasteiger partial charge on any atom is -0.496 e. The molecule has 0 heterocycles. The number of nitrogens with zero attached hydrogens (tertiary/aromatic N) is 1. The Bertz CT molecular complexity index is 605. The molecule has 0 atom stereocenters. The molecular formula is C15H17N3O4. The van der Waals surface area contributed by atoms with Crippen LogP contribution in [0, 0.1) is 11.3 Å². The van der Waals surface area contributed by atoms with Crippen LogP contribution in [0.4, 0.5) is 0 Å². The van der Waals surface area contributed by atoms with Gasteiger partial charge in [-0.2, -0.15) is 5.26 Å². The lowest BCUT2D eigenvalue weighted by atomic mass is 10.1. The van der Waals surface area contributed by atoms with Gasteiger partial charge in [0, 0.05) is 12.7 Å². The average Bonchev–Trinajstić information content (AvgIpc) is 2.53. The topological polar surface area (TPSA) is 111 Å². The van der Waals surface area contributed by atoms with Crippen molar-refractivity contribution in [3.63, 3.8) is 0 Å². The molecule has 0 radical (unpaired) electrons. The van der Waals surface area contributed by atoms with Crippen LogP contribution in [0.15, 0.2) is 36.0 Å². The van der Waals surface area contributed by atoms with Crippen molar-refractivity contribution in [3.8, 4) is 11.8 Å². The predicted octanol–water partition coefficient (Wildman–Crippen LogP) is 0.436. The first-order chi connectivity index (χ1) is 10.6. The quantitative estimate of drug-likeness (QED) is 0.365. The van der Waals surface area contributed by atoms with Gasteiger partial charge in [0.25, 0.3) is 5.91 Å². The minimum absolute atomic E-state index is 0.179. The maximum Gasteiger partial charge on any atom is 0.322 e. The number of para-hydroxylation sites is 1. The van der Waals surface area contributed by atoms with Gasteiger partial charge in [0.05, 0.1) is 7.11 Å². The molecule has 0 saturated heterocycles. The molecule has 0 aliphatic carbocycles. The number of methoxy groups -OCH3 is 1. The van der Waals surface area contributed by atoms with Gasteiger partial charge in [0.2, 0.25) is 0 Å². The zero-order valence-electron chi connectivity index (χ0n) is 12.1. The third-order valence-electron chi connectivity index (χ3n) is 2.74. The summed E-state index contributed by atoms with van der Waals surface area (Å²) in [5, 5.41) is 22.3. The second-order valence-corrected chi connectivity index (χ2v) is 4.26. The average molecular weight is 303 g/mol. The monoisotopic (exact) mass is 303 g/mol. The van der Waals surface area contributed by atoms with Crippen LogP contribution < -0.4 is 15.4 Å². The summed E-state index contributed by atoms with van der Waals surface area (Å²) in [7, 11) is 1.59. The smallest absolute Gasteiger partial charge is 0.322 e. The molecule has 0 bridgehead atoms. The molecule has 1 amide bonds. The second-order valence-electron chi connectivity index (χ2n) is 4.26. The van der Waals surface area contributed by atoms with Crippen molar-refractivity contribution in [3.05, 3.63) is 41.6 Å². The van der Waals surface area contributed by atoms with Crippen LogP contribution in [0.1, 0.15) is 5.56 Å². The van der Waals surface area contributed by atoms with Crippen molar-refractivity contribution in [1.82, 2.24) is 10.6 Å². The number of nitriles is 1. The molecule has 22 heavy (non-hydrogen) atoms. The summed E-state index contributed by atoms with van der Waals surface area (Å²) in [6, 6.07) is 9.26. The summed E-state index contributed by atoms with van der Waals surface area (Å²) in [6.07, 6.45) is 1.92. The maximum absolute atomic E-state index is 11.5. The summed E-state index contributed by atoms with van der Waals surface area (Å²) in [5.74, 6) is -1.13. The normalized spacial score (nSPS) is 10.5. The van der Waals surface area contributed by atoms with Gasteiger partial charge in [-0.1, -0.05) is 18.2 Å². The number of amides is 1. The first kappa shape index (κ1) is 17.0. The number of ether oxygens (including phenoxy) is 1. The number of carboxylic acids is 1. The molecule has 0 spiro atoms. The molecule has 3 N–H and O–H groups in total. The Hall–Kier alpha value is -3.01. The maximum atomic E-state index is 11.5. The largest absolute Gasteiger partial charge is 0.496 e. The summed E-state index contributed by atoms with van der Waals surface area (Å²) in [6.45, 7) is -0.0309. The molecule has 1 rings (SSSR count). The zero-order chi connectivity index (χ0) is 16.4. The fourth-order valence-corrected chi connectivity index (χ4v) is 1.69. The van der Waals surface area contributed by atoms with Crippen LogP contribution in [-0.2, 0) is 16.0 Å².